The zero-order chi connectivity index (χ0) is 10.4. The minimum Gasteiger partial charge on any atom is -0.198 e. The molecule has 0 aliphatic carbocycles. The Hall–Kier alpha value is -1.10. The van der Waals surface area contributed by atoms with Crippen LogP contribution in [0.15, 0.2) is 0 Å². The van der Waals surface area contributed by atoms with Gasteiger partial charge in [-0.2, -0.15) is 15.8 Å². The van der Waals surface area contributed by atoms with Gasteiger partial charge in [0, 0.05) is 0 Å². The molecule has 0 saturated heterocycles. The van der Waals surface area contributed by atoms with Crippen LogP contribution in [0.25, 0.3) is 0 Å². The fraction of sp³-hybridized carbons (Fsp3) is 0.667. The maximum Gasteiger partial charge on any atom is 0.0700 e. The van der Waals surface area contributed by atoms with E-state index in [-0.39, 0.29) is 17.0 Å². The first-order valence-electron chi connectivity index (χ1n) is 4.04. The van der Waals surface area contributed by atoms with Crippen LogP contribution >= 0.6 is 7.92 Å². The Morgan fingerprint density at radius 1 is 0.769 bits per heavy atom. The second kappa shape index (κ2) is 5.53. The van der Waals surface area contributed by atoms with Gasteiger partial charge in [0.25, 0.3) is 0 Å². The van der Waals surface area contributed by atoms with Gasteiger partial charge in [0.05, 0.1) is 35.2 Å². The summed E-state index contributed by atoms with van der Waals surface area (Å²) < 4.78 is 0. The minimum absolute atomic E-state index is 0.181. The van der Waals surface area contributed by atoms with Crippen molar-refractivity contribution in [1.82, 2.24) is 0 Å². The minimum atomic E-state index is -0.828. The van der Waals surface area contributed by atoms with Gasteiger partial charge in [0.2, 0.25) is 0 Å². The molecular weight excluding hydrogens is 181 g/mol. The van der Waals surface area contributed by atoms with Crippen molar-refractivity contribution in [2.75, 3.05) is 0 Å². The first kappa shape index (κ1) is 11.9. The molecule has 0 radical (unpaired) electrons. The normalized spacial score (nSPS) is 18.5. The van der Waals surface area contributed by atoms with Gasteiger partial charge in [0.1, 0.15) is 0 Å². The van der Waals surface area contributed by atoms with Gasteiger partial charge in [-0.3, -0.25) is 0 Å². The van der Waals surface area contributed by atoms with Crippen LogP contribution in [0.5, 0.6) is 0 Å². The van der Waals surface area contributed by atoms with E-state index in [1.165, 1.54) is 0 Å². The maximum atomic E-state index is 8.74. The fourth-order valence-electron chi connectivity index (χ4n) is 1.21. The van der Waals surface area contributed by atoms with Crippen LogP contribution in [0, 0.1) is 34.0 Å². The highest BCUT2D eigenvalue weighted by Gasteiger charge is 2.28. The van der Waals surface area contributed by atoms with Gasteiger partial charge in [-0.05, 0) is 20.8 Å². The van der Waals surface area contributed by atoms with E-state index in [1.54, 1.807) is 20.8 Å². The van der Waals surface area contributed by atoms with Crippen LogP contribution in [-0.4, -0.2) is 17.0 Å². The van der Waals surface area contributed by atoms with E-state index in [0.29, 0.717) is 0 Å². The third kappa shape index (κ3) is 3.02. The molecule has 0 rings (SSSR count). The average molecular weight is 193 g/mol. The quantitative estimate of drug-likeness (QED) is 0.645. The molecule has 4 heteroatoms. The third-order valence-electron chi connectivity index (χ3n) is 1.90. The van der Waals surface area contributed by atoms with E-state index < -0.39 is 7.92 Å². The Kier molecular flexibility index (Phi) is 5.06. The second-order valence-corrected chi connectivity index (χ2v) is 6.08. The van der Waals surface area contributed by atoms with Gasteiger partial charge in [0.15, 0.2) is 0 Å². The van der Waals surface area contributed by atoms with Gasteiger partial charge >= 0.3 is 0 Å². The summed E-state index contributed by atoms with van der Waals surface area (Å²) in [6.07, 6.45) is 0. The molecule has 0 fully saturated rings. The Bertz CT molecular complexity index is 233. The first-order chi connectivity index (χ1) is 6.08. The summed E-state index contributed by atoms with van der Waals surface area (Å²) in [6.45, 7) is 5.36. The molecule has 68 valence electrons. The topological polar surface area (TPSA) is 71.4 Å². The Morgan fingerprint density at radius 2 is 1.00 bits per heavy atom. The molecule has 3 unspecified atom stereocenters. The first-order valence-corrected chi connectivity index (χ1v) is 5.59. The van der Waals surface area contributed by atoms with Gasteiger partial charge in [-0.15, -0.1) is 0 Å². The van der Waals surface area contributed by atoms with Crippen molar-refractivity contribution in [1.29, 1.82) is 15.8 Å². The highest BCUT2D eigenvalue weighted by Crippen LogP contribution is 2.49. The fourth-order valence-corrected chi connectivity index (χ4v) is 3.62. The van der Waals surface area contributed by atoms with Crippen LogP contribution in [0.2, 0.25) is 0 Å². The van der Waals surface area contributed by atoms with Crippen molar-refractivity contribution in [3.63, 3.8) is 0 Å². The molecule has 13 heavy (non-hydrogen) atoms. The maximum absolute atomic E-state index is 8.74. The standard InChI is InChI=1S/C9H12N3P/c1-7(4-10)13(8(2)5-11)9(3)6-12/h7-9H,1-3H3. The molecule has 0 spiro atoms. The molecule has 0 amide bonds. The Balaban J connectivity index is 4.71. The van der Waals surface area contributed by atoms with Crippen molar-refractivity contribution in [2.24, 2.45) is 0 Å². The predicted molar refractivity (Wildman–Crippen MR) is 52.1 cm³/mol. The van der Waals surface area contributed by atoms with Gasteiger partial charge < -0.3 is 0 Å². The monoisotopic (exact) mass is 193 g/mol. The van der Waals surface area contributed by atoms with Crippen LogP contribution in [-0.2, 0) is 0 Å². The Labute approximate surface area is 80.3 Å². The zero-order valence-corrected chi connectivity index (χ0v) is 8.92. The summed E-state index contributed by atoms with van der Waals surface area (Å²) in [6, 6.07) is 6.37. The van der Waals surface area contributed by atoms with Crippen LogP contribution in [0.4, 0.5) is 0 Å². The predicted octanol–water partition coefficient (Wildman–Crippen LogP) is 2.20. The lowest BCUT2D eigenvalue weighted by molar-refractivity contribution is 1.08. The number of hydrogen-bond acceptors (Lipinski definition) is 3. The van der Waals surface area contributed by atoms with E-state index in [1.807, 2.05) is 0 Å². The molecule has 0 aromatic carbocycles. The lowest BCUT2D eigenvalue weighted by Gasteiger charge is -2.23. The van der Waals surface area contributed by atoms with Crippen LogP contribution in [0.1, 0.15) is 20.8 Å². The van der Waals surface area contributed by atoms with Crippen molar-refractivity contribution in [3.05, 3.63) is 0 Å². The number of nitriles is 3. The molecule has 0 aromatic rings. The molecule has 0 heterocycles. The molecule has 0 N–H and O–H groups in total. The lowest BCUT2D eigenvalue weighted by Crippen LogP contribution is -2.14. The average Bonchev–Trinajstić information content (AvgIpc) is 2.16. The largest absolute Gasteiger partial charge is 0.198 e. The summed E-state index contributed by atoms with van der Waals surface area (Å²) >= 11 is 0. The number of hydrogen-bond donors (Lipinski definition) is 0. The van der Waals surface area contributed by atoms with E-state index in [2.05, 4.69) is 18.2 Å². The summed E-state index contributed by atoms with van der Waals surface area (Å²) in [7, 11) is -0.828. The van der Waals surface area contributed by atoms with Gasteiger partial charge in [-0.1, -0.05) is 7.92 Å². The molecule has 0 saturated carbocycles. The molecule has 3 nitrogen and oxygen atoms in total. The van der Waals surface area contributed by atoms with Crippen molar-refractivity contribution < 1.29 is 0 Å². The summed E-state index contributed by atoms with van der Waals surface area (Å²) in [5.41, 5.74) is -0.544. The van der Waals surface area contributed by atoms with Crippen molar-refractivity contribution in [2.45, 2.75) is 37.7 Å². The summed E-state index contributed by atoms with van der Waals surface area (Å²) in [5.74, 6) is 0. The van der Waals surface area contributed by atoms with E-state index in [9.17, 15) is 0 Å². The zero-order valence-electron chi connectivity index (χ0n) is 8.02. The third-order valence-corrected chi connectivity index (χ3v) is 4.93. The van der Waals surface area contributed by atoms with Gasteiger partial charge in [-0.25, -0.2) is 0 Å². The summed E-state index contributed by atoms with van der Waals surface area (Å²) in [5, 5.41) is 26.2. The van der Waals surface area contributed by atoms with Crippen molar-refractivity contribution >= 4 is 7.92 Å². The summed E-state index contributed by atoms with van der Waals surface area (Å²) in [4.78, 5) is 0. The highest BCUT2D eigenvalue weighted by molar-refractivity contribution is 7.60. The lowest BCUT2D eigenvalue weighted by atomic mass is 10.5. The second-order valence-electron chi connectivity index (χ2n) is 2.86. The SMILES string of the molecule is CC(C#N)P(C(C)C#N)C(C)C#N. The molecule has 0 aromatic heterocycles. The smallest absolute Gasteiger partial charge is 0.0700 e. The Morgan fingerprint density at radius 3 is 1.15 bits per heavy atom. The van der Waals surface area contributed by atoms with Crippen molar-refractivity contribution in [3.8, 4) is 18.2 Å². The number of rotatable bonds is 3. The highest BCUT2D eigenvalue weighted by atomic mass is 31.1. The molecule has 0 aliphatic rings. The van der Waals surface area contributed by atoms with Crippen LogP contribution in [0.3, 0.4) is 0 Å². The molecule has 0 bridgehead atoms. The van der Waals surface area contributed by atoms with Crippen LogP contribution < -0.4 is 0 Å². The molecule has 0 aliphatic heterocycles. The molecular formula is C9H12N3P. The van der Waals surface area contributed by atoms with E-state index >= 15 is 0 Å². The van der Waals surface area contributed by atoms with E-state index in [4.69, 9.17) is 15.8 Å². The van der Waals surface area contributed by atoms with E-state index in [0.717, 1.165) is 0 Å². The molecule has 3 atom stereocenters. The number of nitrogens with zero attached hydrogens (tertiary/aromatic N) is 3.